The minimum Gasteiger partial charge on any atom is -0.338 e. The van der Waals surface area contributed by atoms with Gasteiger partial charge < -0.3 is 4.90 Å². The standard InChI is InChI=1S/C21H22N6O3S2/c1-12-17(32-13(2)23-12)21(30)27-8-5-14(6-9-27)20-24-16(11-31-20)19(29)26-25-18(28)15-4-3-7-22-10-15/h3-4,7,10-11,14H,5-6,8-9H2,1-2H3,(H,25,28)(H,26,29). The van der Waals surface area contributed by atoms with Crippen LogP contribution in [-0.2, 0) is 0 Å². The van der Waals surface area contributed by atoms with Gasteiger partial charge >= 0.3 is 0 Å². The summed E-state index contributed by atoms with van der Waals surface area (Å²) in [6.45, 7) is 5.05. The average Bonchev–Trinajstić information content (AvgIpc) is 3.44. The summed E-state index contributed by atoms with van der Waals surface area (Å²) in [5.41, 5.74) is 6.13. The van der Waals surface area contributed by atoms with Crippen LogP contribution < -0.4 is 10.9 Å². The second kappa shape index (κ2) is 9.53. The van der Waals surface area contributed by atoms with Gasteiger partial charge in [0, 0.05) is 36.8 Å². The molecule has 9 nitrogen and oxygen atoms in total. The van der Waals surface area contributed by atoms with E-state index in [9.17, 15) is 14.4 Å². The number of carbonyl (C=O) groups is 3. The molecule has 0 unspecified atom stereocenters. The van der Waals surface area contributed by atoms with Crippen LogP contribution in [-0.4, -0.2) is 50.7 Å². The molecule has 0 saturated carbocycles. The molecule has 2 N–H and O–H groups in total. The lowest BCUT2D eigenvalue weighted by Crippen LogP contribution is -2.41. The van der Waals surface area contributed by atoms with Crippen molar-refractivity contribution in [3.63, 3.8) is 0 Å². The molecule has 1 aliphatic rings. The van der Waals surface area contributed by atoms with E-state index in [2.05, 4.69) is 25.8 Å². The average molecular weight is 471 g/mol. The van der Waals surface area contributed by atoms with Gasteiger partial charge in [-0.25, -0.2) is 9.97 Å². The third-order valence-electron chi connectivity index (χ3n) is 5.20. The molecule has 0 spiro atoms. The van der Waals surface area contributed by atoms with Crippen LogP contribution in [0.2, 0.25) is 0 Å². The highest BCUT2D eigenvalue weighted by molar-refractivity contribution is 7.13. The largest absolute Gasteiger partial charge is 0.338 e. The van der Waals surface area contributed by atoms with Crippen molar-refractivity contribution in [2.45, 2.75) is 32.6 Å². The SMILES string of the molecule is Cc1nc(C)c(C(=O)N2CCC(c3nc(C(=O)NNC(=O)c4cccnc4)cs3)CC2)s1. The summed E-state index contributed by atoms with van der Waals surface area (Å²) in [5, 5.41) is 3.44. The molecule has 0 atom stereocenters. The van der Waals surface area contributed by atoms with Gasteiger partial charge in [-0.3, -0.25) is 30.2 Å². The highest BCUT2D eigenvalue weighted by atomic mass is 32.1. The quantitative estimate of drug-likeness (QED) is 0.566. The van der Waals surface area contributed by atoms with Gasteiger partial charge in [-0.2, -0.15) is 0 Å². The van der Waals surface area contributed by atoms with Crippen LogP contribution in [0, 0.1) is 13.8 Å². The summed E-state index contributed by atoms with van der Waals surface area (Å²) in [7, 11) is 0. The summed E-state index contributed by atoms with van der Waals surface area (Å²) in [4.78, 5) is 52.4. The summed E-state index contributed by atoms with van der Waals surface area (Å²) in [5.74, 6) is -0.700. The molecule has 0 aliphatic carbocycles. The Morgan fingerprint density at radius 3 is 2.50 bits per heavy atom. The van der Waals surface area contributed by atoms with Gasteiger partial charge in [0.2, 0.25) is 0 Å². The Bertz CT molecular complexity index is 1140. The molecule has 0 aromatic carbocycles. The Morgan fingerprint density at radius 2 is 1.84 bits per heavy atom. The van der Waals surface area contributed by atoms with Crippen molar-refractivity contribution in [3.8, 4) is 0 Å². The third-order valence-corrected chi connectivity index (χ3v) is 7.27. The van der Waals surface area contributed by atoms with Crippen molar-refractivity contribution in [1.29, 1.82) is 0 Å². The molecule has 32 heavy (non-hydrogen) atoms. The predicted molar refractivity (Wildman–Crippen MR) is 121 cm³/mol. The van der Waals surface area contributed by atoms with Gasteiger partial charge in [0.1, 0.15) is 10.6 Å². The minimum atomic E-state index is -0.478. The molecule has 3 amide bonds. The van der Waals surface area contributed by atoms with E-state index in [4.69, 9.17) is 0 Å². The Labute approximate surface area is 192 Å². The Balaban J connectivity index is 1.30. The number of hydrazine groups is 1. The molecule has 1 aliphatic heterocycles. The summed E-state index contributed by atoms with van der Waals surface area (Å²) in [6, 6.07) is 3.24. The molecular formula is C21H22N6O3S2. The number of nitrogens with one attached hydrogen (secondary N) is 2. The van der Waals surface area contributed by atoms with E-state index in [0.29, 0.717) is 23.5 Å². The normalized spacial score (nSPS) is 14.2. The first-order valence-corrected chi connectivity index (χ1v) is 11.8. The van der Waals surface area contributed by atoms with Crippen LogP contribution in [0.5, 0.6) is 0 Å². The summed E-state index contributed by atoms with van der Waals surface area (Å²) >= 11 is 2.86. The first-order valence-electron chi connectivity index (χ1n) is 10.1. The molecule has 11 heteroatoms. The van der Waals surface area contributed by atoms with Crippen LogP contribution in [0.25, 0.3) is 0 Å². The van der Waals surface area contributed by atoms with E-state index < -0.39 is 11.8 Å². The number of carbonyl (C=O) groups excluding carboxylic acids is 3. The number of pyridine rings is 1. The molecule has 166 valence electrons. The van der Waals surface area contributed by atoms with Crippen molar-refractivity contribution in [2.24, 2.45) is 0 Å². The maximum absolute atomic E-state index is 12.8. The van der Waals surface area contributed by atoms with Crippen LogP contribution in [0.3, 0.4) is 0 Å². The Morgan fingerprint density at radius 1 is 1.09 bits per heavy atom. The number of hydrogen-bond donors (Lipinski definition) is 2. The number of amides is 3. The number of aryl methyl sites for hydroxylation is 2. The van der Waals surface area contributed by atoms with Crippen molar-refractivity contribution >= 4 is 40.4 Å². The van der Waals surface area contributed by atoms with E-state index in [-0.39, 0.29) is 17.5 Å². The van der Waals surface area contributed by atoms with Crippen molar-refractivity contribution in [1.82, 2.24) is 30.7 Å². The molecule has 3 aromatic heterocycles. The second-order valence-corrected chi connectivity index (χ2v) is 9.53. The second-order valence-electron chi connectivity index (χ2n) is 7.43. The van der Waals surface area contributed by atoms with E-state index in [1.54, 1.807) is 23.7 Å². The van der Waals surface area contributed by atoms with Gasteiger partial charge in [-0.05, 0) is 38.8 Å². The van der Waals surface area contributed by atoms with Crippen LogP contribution >= 0.6 is 22.7 Å². The molecule has 1 saturated heterocycles. The van der Waals surface area contributed by atoms with Gasteiger partial charge in [0.25, 0.3) is 17.7 Å². The molecule has 0 radical (unpaired) electrons. The van der Waals surface area contributed by atoms with Gasteiger partial charge in [-0.1, -0.05) is 0 Å². The van der Waals surface area contributed by atoms with E-state index in [0.717, 1.165) is 28.6 Å². The number of likely N-dealkylation sites (tertiary alicyclic amines) is 1. The van der Waals surface area contributed by atoms with Crippen molar-refractivity contribution in [3.05, 3.63) is 61.8 Å². The van der Waals surface area contributed by atoms with E-state index in [1.165, 1.54) is 28.9 Å². The molecule has 4 rings (SSSR count). The van der Waals surface area contributed by atoms with E-state index >= 15 is 0 Å². The molecule has 0 bridgehead atoms. The van der Waals surface area contributed by atoms with Gasteiger partial charge in [0.15, 0.2) is 0 Å². The molecular weight excluding hydrogens is 448 g/mol. The zero-order chi connectivity index (χ0) is 22.7. The smallest absolute Gasteiger partial charge is 0.289 e. The van der Waals surface area contributed by atoms with Crippen molar-refractivity contribution in [2.75, 3.05) is 13.1 Å². The topological polar surface area (TPSA) is 117 Å². The highest BCUT2D eigenvalue weighted by Crippen LogP contribution is 2.31. The fourth-order valence-corrected chi connectivity index (χ4v) is 5.39. The van der Waals surface area contributed by atoms with Crippen molar-refractivity contribution < 1.29 is 14.4 Å². The number of aromatic nitrogens is 3. The number of rotatable bonds is 4. The van der Waals surface area contributed by atoms with Gasteiger partial charge in [0.05, 0.1) is 21.3 Å². The first kappa shape index (κ1) is 22.0. The predicted octanol–water partition coefficient (Wildman–Crippen LogP) is 2.71. The van der Waals surface area contributed by atoms with Crippen LogP contribution in [0.1, 0.15) is 65.0 Å². The zero-order valence-electron chi connectivity index (χ0n) is 17.6. The molecule has 1 fully saturated rings. The number of nitrogens with zero attached hydrogens (tertiary/aromatic N) is 4. The van der Waals surface area contributed by atoms with Gasteiger partial charge in [-0.15, -0.1) is 22.7 Å². The number of thiazole rings is 2. The lowest BCUT2D eigenvalue weighted by Gasteiger charge is -2.30. The fraction of sp³-hybridized carbons (Fsp3) is 0.333. The maximum Gasteiger partial charge on any atom is 0.289 e. The lowest BCUT2D eigenvalue weighted by molar-refractivity contribution is 0.0716. The maximum atomic E-state index is 12.8. The van der Waals surface area contributed by atoms with E-state index in [1.807, 2.05) is 18.7 Å². The highest BCUT2D eigenvalue weighted by Gasteiger charge is 2.28. The Hall–Kier alpha value is -3.18. The molecule has 3 aromatic rings. The first-order chi connectivity index (χ1) is 15.4. The zero-order valence-corrected chi connectivity index (χ0v) is 19.3. The summed E-state index contributed by atoms with van der Waals surface area (Å²) in [6.07, 6.45) is 4.55. The number of hydrogen-bond acceptors (Lipinski definition) is 8. The monoisotopic (exact) mass is 470 g/mol. The lowest BCUT2D eigenvalue weighted by atomic mass is 9.97. The third kappa shape index (κ3) is 4.83. The minimum absolute atomic E-state index is 0.0371. The number of piperidine rings is 1. The summed E-state index contributed by atoms with van der Waals surface area (Å²) < 4.78 is 0. The van der Waals surface area contributed by atoms with Crippen LogP contribution in [0.4, 0.5) is 0 Å². The van der Waals surface area contributed by atoms with Crippen LogP contribution in [0.15, 0.2) is 29.9 Å². The fourth-order valence-electron chi connectivity index (χ4n) is 3.53. The molecule has 4 heterocycles. The Kier molecular flexibility index (Phi) is 6.56.